The van der Waals surface area contributed by atoms with Crippen LogP contribution in [0.3, 0.4) is 0 Å². The van der Waals surface area contributed by atoms with Crippen LogP contribution >= 0.6 is 0 Å². The van der Waals surface area contributed by atoms with E-state index in [-0.39, 0.29) is 0 Å². The third kappa shape index (κ3) is 3.10. The van der Waals surface area contributed by atoms with Gasteiger partial charge in [-0.3, -0.25) is 0 Å². The Labute approximate surface area is 207 Å². The summed E-state index contributed by atoms with van der Waals surface area (Å²) in [5.74, 6) is 0. The summed E-state index contributed by atoms with van der Waals surface area (Å²) in [6, 6.07) is 33.7. The first-order chi connectivity index (χ1) is 17.0. The summed E-state index contributed by atoms with van der Waals surface area (Å²) in [7, 11) is -1.64. The average Bonchev–Trinajstić information content (AvgIpc) is 3.28. The first-order valence-corrected chi connectivity index (χ1v) is 15.9. The predicted octanol–water partition coefficient (Wildman–Crippen LogP) is 9.22. The lowest BCUT2D eigenvalue weighted by Gasteiger charge is -2.20. The Morgan fingerprint density at radius 1 is 0.543 bits per heavy atom. The fraction of sp³-hybridized carbons (Fsp3) is 0.152. The first kappa shape index (κ1) is 20.9. The quantitative estimate of drug-likeness (QED) is 0.185. The normalized spacial score (nSPS) is 13.1. The molecule has 170 valence electrons. The number of fused-ring (bicyclic) bond motifs is 13. The van der Waals surface area contributed by atoms with Gasteiger partial charge in [-0.25, -0.2) is 0 Å². The van der Waals surface area contributed by atoms with Crippen molar-refractivity contribution in [3.63, 3.8) is 0 Å². The highest BCUT2D eigenvalue weighted by Gasteiger charge is 2.29. The molecule has 35 heavy (non-hydrogen) atoms. The molecule has 0 bridgehead atoms. The molecule has 0 radical (unpaired) electrons. The average molecular weight is 469 g/mol. The number of hydrogen-bond acceptors (Lipinski definition) is 1. The van der Waals surface area contributed by atoms with Gasteiger partial charge in [-0.1, -0.05) is 91.0 Å². The number of rotatable bonds is 3. The Morgan fingerprint density at radius 3 is 1.66 bits per heavy atom. The van der Waals surface area contributed by atoms with Gasteiger partial charge in [0.1, 0.15) is 0 Å². The Bertz CT molecular complexity index is 1810. The van der Waals surface area contributed by atoms with Crippen LogP contribution < -0.4 is 0 Å². The van der Waals surface area contributed by atoms with Crippen molar-refractivity contribution in [1.82, 2.24) is 0 Å². The lowest BCUT2D eigenvalue weighted by atomic mass is 9.87. The van der Waals surface area contributed by atoms with Crippen LogP contribution in [0.2, 0.25) is 19.6 Å². The third-order valence-corrected chi connectivity index (χ3v) is 8.56. The zero-order valence-corrected chi connectivity index (χ0v) is 21.5. The van der Waals surface area contributed by atoms with Crippen molar-refractivity contribution in [3.8, 4) is 11.1 Å². The maximum Gasteiger partial charge on any atom is 0.184 e. The Kier molecular flexibility index (Phi) is 4.48. The zero-order chi connectivity index (χ0) is 23.7. The number of benzene rings is 6. The van der Waals surface area contributed by atoms with Crippen LogP contribution in [0, 0.1) is 0 Å². The van der Waals surface area contributed by atoms with Gasteiger partial charge in [0.15, 0.2) is 8.32 Å². The molecule has 0 N–H and O–H groups in total. The van der Waals surface area contributed by atoms with E-state index in [0.717, 1.165) is 6.42 Å². The Balaban J connectivity index is 1.66. The summed E-state index contributed by atoms with van der Waals surface area (Å²) in [4.78, 5) is 0. The third-order valence-electron chi connectivity index (χ3n) is 7.55. The van der Waals surface area contributed by atoms with Gasteiger partial charge in [-0.2, -0.15) is 0 Å². The molecule has 6 aromatic rings. The van der Waals surface area contributed by atoms with Crippen LogP contribution in [0.1, 0.15) is 16.7 Å². The second kappa shape index (κ2) is 7.52. The molecule has 0 amide bonds. The van der Waals surface area contributed by atoms with E-state index >= 15 is 0 Å². The molecule has 6 aromatic carbocycles. The molecule has 1 nitrogen and oxygen atoms in total. The van der Waals surface area contributed by atoms with Crippen LogP contribution in [0.15, 0.2) is 91.0 Å². The molecular formula is C33H28OSi. The summed E-state index contributed by atoms with van der Waals surface area (Å²) in [5.41, 5.74) is 7.09. The Morgan fingerprint density at radius 2 is 1.03 bits per heavy atom. The van der Waals surface area contributed by atoms with Crippen LogP contribution in [0.5, 0.6) is 0 Å². The molecule has 0 saturated carbocycles. The van der Waals surface area contributed by atoms with E-state index in [1.165, 1.54) is 70.9 Å². The molecule has 0 spiro atoms. The van der Waals surface area contributed by atoms with Gasteiger partial charge in [-0.05, 0) is 97.0 Å². The van der Waals surface area contributed by atoms with Crippen molar-refractivity contribution >= 4 is 51.4 Å². The first-order valence-electron chi connectivity index (χ1n) is 12.5. The summed E-state index contributed by atoms with van der Waals surface area (Å²) >= 11 is 0. The molecule has 0 unspecified atom stereocenters. The second-order valence-electron chi connectivity index (χ2n) is 10.8. The maximum absolute atomic E-state index is 6.45. The van der Waals surface area contributed by atoms with Crippen molar-refractivity contribution in [3.05, 3.63) is 108 Å². The molecule has 1 aliphatic rings. The van der Waals surface area contributed by atoms with Crippen LogP contribution in [-0.4, -0.2) is 8.32 Å². The minimum Gasteiger partial charge on any atom is -0.413 e. The van der Waals surface area contributed by atoms with Crippen LogP contribution in [-0.2, 0) is 17.5 Å². The SMILES string of the molecule is C[Si](C)(C)OCc1cccc2c1c1c(c3ccccc32)-c2c(c3ccccc3c3ccccc23)C1. The molecule has 1 aliphatic carbocycles. The minimum atomic E-state index is -1.64. The van der Waals surface area contributed by atoms with Gasteiger partial charge in [0.2, 0.25) is 0 Å². The molecule has 7 rings (SSSR count). The van der Waals surface area contributed by atoms with Gasteiger partial charge in [-0.15, -0.1) is 0 Å². The van der Waals surface area contributed by atoms with E-state index in [2.05, 4.69) is 111 Å². The molecule has 0 aliphatic heterocycles. The Hall–Kier alpha value is -3.46. The topological polar surface area (TPSA) is 9.23 Å². The molecule has 0 heterocycles. The summed E-state index contributed by atoms with van der Waals surface area (Å²) in [5, 5.41) is 10.9. The van der Waals surface area contributed by atoms with Gasteiger partial charge in [0, 0.05) is 0 Å². The number of hydrogen-bond donors (Lipinski definition) is 0. The van der Waals surface area contributed by atoms with Crippen molar-refractivity contribution in [2.75, 3.05) is 0 Å². The molecule has 0 fully saturated rings. The fourth-order valence-electron chi connectivity index (χ4n) is 6.14. The van der Waals surface area contributed by atoms with E-state index in [4.69, 9.17) is 4.43 Å². The maximum atomic E-state index is 6.45. The summed E-state index contributed by atoms with van der Waals surface area (Å²) in [6.07, 6.45) is 0.960. The van der Waals surface area contributed by atoms with Gasteiger partial charge in [0.25, 0.3) is 0 Å². The highest BCUT2D eigenvalue weighted by molar-refractivity contribution is 6.69. The van der Waals surface area contributed by atoms with Crippen molar-refractivity contribution in [1.29, 1.82) is 0 Å². The highest BCUT2D eigenvalue weighted by atomic mass is 28.4. The standard InChI is InChI=1S/C33H28OSi/c1-35(2,3)34-20-21-11-10-18-26-25-15-7-9-17-28(25)33-30(31(21)26)19-29-24-14-5-4-12-22(24)23-13-6-8-16-27(23)32(29)33/h4-18H,19-20H2,1-3H3. The zero-order valence-electron chi connectivity index (χ0n) is 20.5. The van der Waals surface area contributed by atoms with Gasteiger partial charge >= 0.3 is 0 Å². The molecular weight excluding hydrogens is 440 g/mol. The van der Waals surface area contributed by atoms with Gasteiger partial charge in [0.05, 0.1) is 6.61 Å². The molecule has 0 saturated heterocycles. The highest BCUT2D eigenvalue weighted by Crippen LogP contribution is 2.51. The minimum absolute atomic E-state index is 0.676. The molecule has 2 heteroatoms. The van der Waals surface area contributed by atoms with Crippen molar-refractivity contribution in [2.24, 2.45) is 0 Å². The molecule has 0 atom stereocenters. The smallest absolute Gasteiger partial charge is 0.184 e. The monoisotopic (exact) mass is 468 g/mol. The lowest BCUT2D eigenvalue weighted by molar-refractivity contribution is 0.301. The van der Waals surface area contributed by atoms with Crippen LogP contribution in [0.4, 0.5) is 0 Å². The lowest BCUT2D eigenvalue weighted by Crippen LogP contribution is -2.24. The largest absolute Gasteiger partial charge is 0.413 e. The van der Waals surface area contributed by atoms with E-state index in [1.54, 1.807) is 0 Å². The molecule has 0 aromatic heterocycles. The second-order valence-corrected chi connectivity index (χ2v) is 15.3. The van der Waals surface area contributed by atoms with E-state index in [1.807, 2.05) is 0 Å². The fourth-order valence-corrected chi connectivity index (χ4v) is 6.73. The van der Waals surface area contributed by atoms with E-state index in [0.29, 0.717) is 6.61 Å². The van der Waals surface area contributed by atoms with Crippen LogP contribution in [0.25, 0.3) is 54.2 Å². The van der Waals surface area contributed by atoms with Crippen molar-refractivity contribution < 1.29 is 4.43 Å². The summed E-state index contributed by atoms with van der Waals surface area (Å²) in [6.45, 7) is 7.49. The van der Waals surface area contributed by atoms with Gasteiger partial charge < -0.3 is 4.43 Å². The predicted molar refractivity (Wildman–Crippen MR) is 153 cm³/mol. The van der Waals surface area contributed by atoms with E-state index in [9.17, 15) is 0 Å². The van der Waals surface area contributed by atoms with E-state index < -0.39 is 8.32 Å². The summed E-state index contributed by atoms with van der Waals surface area (Å²) < 4.78 is 6.45. The van der Waals surface area contributed by atoms with Crippen molar-refractivity contribution in [2.45, 2.75) is 32.7 Å².